The fourth-order valence-electron chi connectivity index (χ4n) is 3.03. The van der Waals surface area contributed by atoms with Crippen molar-refractivity contribution in [1.29, 1.82) is 0 Å². The van der Waals surface area contributed by atoms with E-state index in [1.54, 1.807) is 43.0 Å². The van der Waals surface area contributed by atoms with E-state index in [2.05, 4.69) is 6.58 Å². The molecule has 26 heavy (non-hydrogen) atoms. The molecule has 4 nitrogen and oxygen atoms in total. The molecule has 0 fully saturated rings. The van der Waals surface area contributed by atoms with Gasteiger partial charge >= 0.3 is 0 Å². The van der Waals surface area contributed by atoms with Crippen molar-refractivity contribution in [2.45, 2.75) is 11.3 Å². The zero-order chi connectivity index (χ0) is 18.7. The molecule has 0 aromatic heterocycles. The number of ether oxygens (including phenoxy) is 2. The Morgan fingerprint density at radius 2 is 2.12 bits per heavy atom. The average molecular weight is 390 g/mol. The number of rotatable bonds is 5. The van der Waals surface area contributed by atoms with Crippen LogP contribution >= 0.6 is 23.4 Å². The summed E-state index contributed by atoms with van der Waals surface area (Å²) in [6, 6.07) is 9.21. The van der Waals surface area contributed by atoms with E-state index >= 15 is 0 Å². The van der Waals surface area contributed by atoms with Gasteiger partial charge in [-0.25, -0.2) is 0 Å². The van der Waals surface area contributed by atoms with Crippen LogP contribution in [0.3, 0.4) is 0 Å². The Labute approximate surface area is 162 Å². The maximum Gasteiger partial charge on any atom is 0.258 e. The Kier molecular flexibility index (Phi) is 5.79. The van der Waals surface area contributed by atoms with Crippen LogP contribution < -0.4 is 14.4 Å². The van der Waals surface area contributed by atoms with Crippen LogP contribution in [0.15, 0.2) is 47.9 Å². The van der Waals surface area contributed by atoms with Crippen LogP contribution in [0.25, 0.3) is 0 Å². The lowest BCUT2D eigenvalue weighted by molar-refractivity contribution is 0.0987. The molecular weight excluding hydrogens is 370 g/mol. The first-order valence-electron chi connectivity index (χ1n) is 8.19. The molecule has 0 aliphatic carbocycles. The van der Waals surface area contributed by atoms with Crippen molar-refractivity contribution < 1.29 is 14.3 Å². The van der Waals surface area contributed by atoms with Crippen LogP contribution in [0.5, 0.6) is 11.5 Å². The van der Waals surface area contributed by atoms with Crippen LogP contribution in [-0.4, -0.2) is 32.4 Å². The van der Waals surface area contributed by atoms with Crippen LogP contribution in [0, 0.1) is 0 Å². The summed E-state index contributed by atoms with van der Waals surface area (Å²) in [5, 5.41) is 0.615. The number of halogens is 1. The molecule has 0 atom stereocenters. The lowest BCUT2D eigenvalue weighted by Gasteiger charge is -2.29. The van der Waals surface area contributed by atoms with Gasteiger partial charge in [-0.2, -0.15) is 0 Å². The van der Waals surface area contributed by atoms with Gasteiger partial charge in [-0.3, -0.25) is 4.79 Å². The van der Waals surface area contributed by atoms with Gasteiger partial charge in [0.2, 0.25) is 0 Å². The topological polar surface area (TPSA) is 38.8 Å². The minimum atomic E-state index is -0.0833. The number of carbonyl (C=O) groups excluding carboxylic acids is 1. The highest BCUT2D eigenvalue weighted by atomic mass is 35.5. The van der Waals surface area contributed by atoms with Gasteiger partial charge in [0, 0.05) is 33.3 Å². The largest absolute Gasteiger partial charge is 0.493 e. The minimum absolute atomic E-state index is 0.0833. The van der Waals surface area contributed by atoms with Gasteiger partial charge in [0.25, 0.3) is 5.91 Å². The van der Waals surface area contributed by atoms with E-state index in [0.29, 0.717) is 35.1 Å². The molecule has 0 saturated heterocycles. The Morgan fingerprint density at radius 1 is 1.31 bits per heavy atom. The SMILES string of the molecule is C=CCc1cc(C(=O)N2CCSc3ccc(Cl)cc32)cc(OC)c1OC. The lowest BCUT2D eigenvalue weighted by atomic mass is 10.0. The molecule has 1 aliphatic rings. The summed E-state index contributed by atoms with van der Waals surface area (Å²) in [6.45, 7) is 4.41. The number of benzene rings is 2. The predicted octanol–water partition coefficient (Wildman–Crippen LogP) is 4.84. The van der Waals surface area contributed by atoms with Crippen molar-refractivity contribution in [1.82, 2.24) is 0 Å². The van der Waals surface area contributed by atoms with E-state index in [4.69, 9.17) is 21.1 Å². The zero-order valence-electron chi connectivity index (χ0n) is 14.8. The number of amides is 1. The van der Waals surface area contributed by atoms with Crippen LogP contribution in [0.4, 0.5) is 5.69 Å². The molecule has 2 aromatic rings. The standard InChI is InChI=1S/C20H20ClNO3S/c1-4-5-13-10-14(11-17(24-2)19(13)25-3)20(23)22-8-9-26-18-7-6-15(21)12-16(18)22/h4,6-7,10-12H,1,5,8-9H2,2-3H3. The maximum absolute atomic E-state index is 13.2. The van der Waals surface area contributed by atoms with E-state index in [-0.39, 0.29) is 5.91 Å². The highest BCUT2D eigenvalue weighted by Gasteiger charge is 2.26. The summed E-state index contributed by atoms with van der Waals surface area (Å²) in [5.74, 6) is 1.92. The van der Waals surface area contributed by atoms with E-state index < -0.39 is 0 Å². The summed E-state index contributed by atoms with van der Waals surface area (Å²) in [4.78, 5) is 16.1. The van der Waals surface area contributed by atoms with Crippen LogP contribution in [0.2, 0.25) is 5.02 Å². The molecule has 0 radical (unpaired) electrons. The third kappa shape index (κ3) is 3.55. The number of methoxy groups -OCH3 is 2. The van der Waals surface area contributed by atoms with Crippen molar-refractivity contribution in [3.8, 4) is 11.5 Å². The second kappa shape index (κ2) is 8.06. The van der Waals surface area contributed by atoms with Crippen molar-refractivity contribution >= 4 is 35.0 Å². The second-order valence-electron chi connectivity index (χ2n) is 5.78. The summed E-state index contributed by atoms with van der Waals surface area (Å²) in [6.07, 6.45) is 2.36. The number of anilines is 1. The van der Waals surface area contributed by atoms with Crippen molar-refractivity contribution in [3.05, 3.63) is 59.1 Å². The number of nitrogens with zero attached hydrogens (tertiary/aromatic N) is 1. The summed E-state index contributed by atoms with van der Waals surface area (Å²) in [5.41, 5.74) is 2.26. The van der Waals surface area contributed by atoms with E-state index in [1.807, 2.05) is 24.3 Å². The summed E-state index contributed by atoms with van der Waals surface area (Å²) in [7, 11) is 3.16. The molecule has 2 aromatic carbocycles. The lowest BCUT2D eigenvalue weighted by Crippen LogP contribution is -2.35. The summed E-state index contributed by atoms with van der Waals surface area (Å²) >= 11 is 7.88. The maximum atomic E-state index is 13.2. The third-order valence-electron chi connectivity index (χ3n) is 4.20. The Morgan fingerprint density at radius 3 is 2.81 bits per heavy atom. The number of hydrogen-bond donors (Lipinski definition) is 0. The van der Waals surface area contributed by atoms with Gasteiger partial charge in [0.15, 0.2) is 11.5 Å². The van der Waals surface area contributed by atoms with E-state index in [9.17, 15) is 4.79 Å². The quantitative estimate of drug-likeness (QED) is 0.686. The Balaban J connectivity index is 2.05. The Bertz CT molecular complexity index is 853. The second-order valence-corrected chi connectivity index (χ2v) is 7.35. The van der Waals surface area contributed by atoms with Crippen LogP contribution in [0.1, 0.15) is 15.9 Å². The minimum Gasteiger partial charge on any atom is -0.493 e. The zero-order valence-corrected chi connectivity index (χ0v) is 16.3. The molecule has 6 heteroatoms. The molecule has 136 valence electrons. The normalized spacial score (nSPS) is 13.1. The third-order valence-corrected chi connectivity index (χ3v) is 5.47. The average Bonchev–Trinajstić information content (AvgIpc) is 2.66. The molecule has 1 amide bonds. The molecule has 0 saturated carbocycles. The van der Waals surface area contributed by atoms with Gasteiger partial charge in [0.05, 0.1) is 19.9 Å². The van der Waals surface area contributed by atoms with Crippen molar-refractivity contribution in [3.63, 3.8) is 0 Å². The van der Waals surface area contributed by atoms with Crippen molar-refractivity contribution in [2.75, 3.05) is 31.4 Å². The van der Waals surface area contributed by atoms with Gasteiger partial charge in [0.1, 0.15) is 0 Å². The Hall–Kier alpha value is -2.11. The first-order chi connectivity index (χ1) is 12.6. The number of thioether (sulfide) groups is 1. The molecular formula is C20H20ClNO3S. The molecule has 0 bridgehead atoms. The number of allylic oxidation sites excluding steroid dienone is 1. The molecule has 1 aliphatic heterocycles. The number of carbonyl (C=O) groups is 1. The number of hydrogen-bond acceptors (Lipinski definition) is 4. The predicted molar refractivity (Wildman–Crippen MR) is 107 cm³/mol. The van der Waals surface area contributed by atoms with Gasteiger partial charge in [-0.1, -0.05) is 17.7 Å². The van der Waals surface area contributed by atoms with Crippen molar-refractivity contribution in [2.24, 2.45) is 0 Å². The van der Waals surface area contributed by atoms with E-state index in [1.165, 1.54) is 0 Å². The summed E-state index contributed by atoms with van der Waals surface area (Å²) < 4.78 is 10.9. The smallest absolute Gasteiger partial charge is 0.258 e. The fourth-order valence-corrected chi connectivity index (χ4v) is 4.17. The van der Waals surface area contributed by atoms with Gasteiger partial charge in [-0.05, 0) is 36.8 Å². The van der Waals surface area contributed by atoms with Gasteiger partial charge < -0.3 is 14.4 Å². The first kappa shape index (κ1) is 18.7. The van der Waals surface area contributed by atoms with Crippen LogP contribution in [-0.2, 0) is 6.42 Å². The molecule has 0 unspecified atom stereocenters. The highest BCUT2D eigenvalue weighted by molar-refractivity contribution is 7.99. The van der Waals surface area contributed by atoms with Gasteiger partial charge in [-0.15, -0.1) is 18.3 Å². The van der Waals surface area contributed by atoms with E-state index in [0.717, 1.165) is 21.9 Å². The molecule has 1 heterocycles. The molecule has 0 spiro atoms. The fraction of sp³-hybridized carbons (Fsp3) is 0.250. The molecule has 0 N–H and O–H groups in total. The number of fused-ring (bicyclic) bond motifs is 1. The monoisotopic (exact) mass is 389 g/mol. The molecule has 3 rings (SSSR count). The first-order valence-corrected chi connectivity index (χ1v) is 9.55. The highest BCUT2D eigenvalue weighted by Crippen LogP contribution is 2.39.